The Kier molecular flexibility index (Phi) is 5.15. The lowest BCUT2D eigenvalue weighted by Crippen LogP contribution is -2.37. The highest BCUT2D eigenvalue weighted by molar-refractivity contribution is 6.29. The van der Waals surface area contributed by atoms with Gasteiger partial charge in [-0.2, -0.15) is 13.2 Å². The Bertz CT molecular complexity index is 400. The van der Waals surface area contributed by atoms with Crippen molar-refractivity contribution < 1.29 is 18.3 Å². The van der Waals surface area contributed by atoms with Crippen molar-refractivity contribution in [1.29, 1.82) is 0 Å². The number of rotatable bonds is 5. The number of aliphatic hydroxyl groups excluding tert-OH is 1. The highest BCUT2D eigenvalue weighted by Crippen LogP contribution is 2.22. The van der Waals surface area contributed by atoms with Crippen molar-refractivity contribution in [2.75, 3.05) is 24.6 Å². The number of halogens is 4. The monoisotopic (exact) mass is 283 g/mol. The van der Waals surface area contributed by atoms with Gasteiger partial charge in [0.2, 0.25) is 0 Å². The van der Waals surface area contributed by atoms with Crippen LogP contribution in [0.1, 0.15) is 12.7 Å². The summed E-state index contributed by atoms with van der Waals surface area (Å²) in [7, 11) is 0. The molecule has 0 fully saturated rings. The van der Waals surface area contributed by atoms with Crippen molar-refractivity contribution in [3.8, 4) is 0 Å². The summed E-state index contributed by atoms with van der Waals surface area (Å²) >= 11 is 5.72. The molecule has 0 radical (unpaired) electrons. The number of hydrogen-bond donors (Lipinski definition) is 1. The lowest BCUT2D eigenvalue weighted by Gasteiger charge is -2.24. The van der Waals surface area contributed by atoms with Gasteiger partial charge in [-0.25, -0.2) is 9.97 Å². The molecule has 8 heteroatoms. The van der Waals surface area contributed by atoms with Gasteiger partial charge in [0.05, 0.1) is 6.61 Å². The van der Waals surface area contributed by atoms with Gasteiger partial charge in [-0.15, -0.1) is 0 Å². The predicted octanol–water partition coefficient (Wildman–Crippen LogP) is 2.05. The van der Waals surface area contributed by atoms with Gasteiger partial charge < -0.3 is 10.0 Å². The Morgan fingerprint density at radius 1 is 1.39 bits per heavy atom. The molecule has 0 aromatic carbocycles. The van der Waals surface area contributed by atoms with Gasteiger partial charge in [0.1, 0.15) is 23.3 Å². The van der Waals surface area contributed by atoms with Crippen LogP contribution >= 0.6 is 11.6 Å². The Labute approximate surface area is 107 Å². The third-order valence-corrected chi connectivity index (χ3v) is 2.30. The first-order valence-electron chi connectivity index (χ1n) is 5.31. The maximum absolute atomic E-state index is 12.4. The van der Waals surface area contributed by atoms with E-state index in [4.69, 9.17) is 16.7 Å². The molecule has 0 spiro atoms. The summed E-state index contributed by atoms with van der Waals surface area (Å²) in [6.07, 6.45) is -3.91. The first kappa shape index (κ1) is 15.0. The van der Waals surface area contributed by atoms with Crippen LogP contribution in [0.5, 0.6) is 0 Å². The minimum atomic E-state index is -4.38. The number of aryl methyl sites for hydroxylation is 1. The normalized spacial score (nSPS) is 11.7. The molecule has 0 amide bonds. The van der Waals surface area contributed by atoms with Crippen molar-refractivity contribution in [3.05, 3.63) is 17.0 Å². The molecule has 0 aliphatic heterocycles. The topological polar surface area (TPSA) is 49.2 Å². The van der Waals surface area contributed by atoms with E-state index in [9.17, 15) is 13.2 Å². The lowest BCUT2D eigenvalue weighted by molar-refractivity contribution is -0.120. The third kappa shape index (κ3) is 4.66. The molecule has 102 valence electrons. The quantitative estimate of drug-likeness (QED) is 0.841. The van der Waals surface area contributed by atoms with Crippen molar-refractivity contribution in [3.63, 3.8) is 0 Å². The van der Waals surface area contributed by atoms with Crippen molar-refractivity contribution in [2.45, 2.75) is 19.5 Å². The van der Waals surface area contributed by atoms with Gasteiger partial charge in [0.25, 0.3) is 0 Å². The molecule has 18 heavy (non-hydrogen) atoms. The van der Waals surface area contributed by atoms with Gasteiger partial charge in [-0.05, 0) is 0 Å². The van der Waals surface area contributed by atoms with Crippen LogP contribution < -0.4 is 4.90 Å². The first-order valence-corrected chi connectivity index (χ1v) is 5.69. The van der Waals surface area contributed by atoms with Crippen LogP contribution in [0.15, 0.2) is 6.07 Å². The molecular weight excluding hydrogens is 271 g/mol. The van der Waals surface area contributed by atoms with Gasteiger partial charge in [-0.3, -0.25) is 0 Å². The van der Waals surface area contributed by atoms with Crippen LogP contribution in [0.2, 0.25) is 5.15 Å². The highest BCUT2D eigenvalue weighted by atomic mass is 35.5. The zero-order valence-corrected chi connectivity index (χ0v) is 10.5. The summed E-state index contributed by atoms with van der Waals surface area (Å²) < 4.78 is 37.2. The smallest absolute Gasteiger partial charge is 0.395 e. The van der Waals surface area contributed by atoms with Gasteiger partial charge in [0, 0.05) is 19.0 Å². The minimum Gasteiger partial charge on any atom is -0.395 e. The summed E-state index contributed by atoms with van der Waals surface area (Å²) in [6.45, 7) is 0.00874. The first-order chi connectivity index (χ1) is 8.35. The van der Waals surface area contributed by atoms with E-state index in [-0.39, 0.29) is 17.5 Å². The number of aromatic nitrogens is 2. The number of aliphatic hydroxyl groups is 1. The molecule has 0 bridgehead atoms. The second-order valence-corrected chi connectivity index (χ2v) is 3.97. The molecule has 0 unspecified atom stereocenters. The maximum atomic E-state index is 12.4. The Morgan fingerprint density at radius 3 is 2.56 bits per heavy atom. The van der Waals surface area contributed by atoms with Crippen LogP contribution in [0.4, 0.5) is 19.0 Å². The van der Waals surface area contributed by atoms with E-state index in [0.717, 1.165) is 4.90 Å². The fourth-order valence-corrected chi connectivity index (χ4v) is 1.58. The summed E-state index contributed by atoms with van der Waals surface area (Å²) in [5.41, 5.74) is 0. The third-order valence-electron chi connectivity index (χ3n) is 2.11. The van der Waals surface area contributed by atoms with E-state index in [1.807, 2.05) is 0 Å². The Hall–Kier alpha value is -1.08. The van der Waals surface area contributed by atoms with Gasteiger partial charge in [-0.1, -0.05) is 18.5 Å². The van der Waals surface area contributed by atoms with E-state index in [1.54, 1.807) is 6.92 Å². The maximum Gasteiger partial charge on any atom is 0.405 e. The predicted molar refractivity (Wildman–Crippen MR) is 61.8 cm³/mol. The Balaban J connectivity index is 3.01. The lowest BCUT2D eigenvalue weighted by atomic mass is 10.4. The Morgan fingerprint density at radius 2 is 2.06 bits per heavy atom. The van der Waals surface area contributed by atoms with E-state index in [0.29, 0.717) is 12.2 Å². The van der Waals surface area contributed by atoms with E-state index < -0.39 is 19.3 Å². The largest absolute Gasteiger partial charge is 0.405 e. The van der Waals surface area contributed by atoms with Crippen molar-refractivity contribution in [1.82, 2.24) is 9.97 Å². The molecule has 1 N–H and O–H groups in total. The average molecular weight is 284 g/mol. The molecule has 0 saturated carbocycles. The second kappa shape index (κ2) is 6.19. The molecular formula is C10H13ClF3N3O. The molecule has 1 aromatic rings. The zero-order chi connectivity index (χ0) is 13.8. The summed E-state index contributed by atoms with van der Waals surface area (Å²) in [5.74, 6) is 0.431. The zero-order valence-electron chi connectivity index (χ0n) is 9.71. The number of anilines is 1. The number of alkyl halides is 3. The minimum absolute atomic E-state index is 0.0678. The average Bonchev–Trinajstić information content (AvgIpc) is 2.26. The van der Waals surface area contributed by atoms with E-state index in [1.165, 1.54) is 6.07 Å². The van der Waals surface area contributed by atoms with Crippen LogP contribution in [-0.2, 0) is 6.42 Å². The molecule has 0 atom stereocenters. The molecule has 0 aliphatic carbocycles. The SMILES string of the molecule is CCc1nc(Cl)cc(N(CCO)CC(F)(F)F)n1. The highest BCUT2D eigenvalue weighted by Gasteiger charge is 2.31. The van der Waals surface area contributed by atoms with Crippen molar-refractivity contribution in [2.24, 2.45) is 0 Å². The molecule has 4 nitrogen and oxygen atoms in total. The molecule has 1 heterocycles. The summed E-state index contributed by atoms with van der Waals surface area (Å²) in [5, 5.41) is 8.89. The molecule has 1 rings (SSSR count). The van der Waals surface area contributed by atoms with Crippen LogP contribution in [0.3, 0.4) is 0 Å². The standard InChI is InChI=1S/C10H13ClF3N3O/c1-2-8-15-7(11)5-9(16-8)17(3-4-18)6-10(12,13)14/h5,18H,2-4,6H2,1H3. The van der Waals surface area contributed by atoms with E-state index in [2.05, 4.69) is 9.97 Å². The number of nitrogens with zero attached hydrogens (tertiary/aromatic N) is 3. The summed E-state index contributed by atoms with van der Waals surface area (Å²) in [6, 6.07) is 1.25. The fraction of sp³-hybridized carbons (Fsp3) is 0.600. The van der Waals surface area contributed by atoms with Crippen LogP contribution in [0.25, 0.3) is 0 Å². The summed E-state index contributed by atoms with van der Waals surface area (Å²) in [4.78, 5) is 8.77. The van der Waals surface area contributed by atoms with Gasteiger partial charge in [0.15, 0.2) is 0 Å². The van der Waals surface area contributed by atoms with Crippen LogP contribution in [-0.4, -0.2) is 40.9 Å². The number of hydrogen-bond acceptors (Lipinski definition) is 4. The van der Waals surface area contributed by atoms with Gasteiger partial charge >= 0.3 is 6.18 Å². The van der Waals surface area contributed by atoms with Crippen LogP contribution in [0, 0.1) is 0 Å². The second-order valence-electron chi connectivity index (χ2n) is 3.58. The van der Waals surface area contributed by atoms with Crippen molar-refractivity contribution >= 4 is 17.4 Å². The fourth-order valence-electron chi connectivity index (χ4n) is 1.38. The molecule has 0 saturated heterocycles. The van der Waals surface area contributed by atoms with E-state index >= 15 is 0 Å². The molecule has 0 aliphatic rings. The molecule has 1 aromatic heterocycles.